The molecule has 0 aliphatic carbocycles. The van der Waals surface area contributed by atoms with Gasteiger partial charge in [-0.1, -0.05) is 36.8 Å². The molecule has 0 bridgehead atoms. The Hall–Kier alpha value is -2.30. The van der Waals surface area contributed by atoms with E-state index in [1.807, 2.05) is 4.68 Å². The van der Waals surface area contributed by atoms with Crippen LogP contribution in [0, 0.1) is 6.92 Å². The third-order valence-corrected chi connectivity index (χ3v) is 3.30. The lowest BCUT2D eigenvalue weighted by atomic mass is 10.1. The first-order chi connectivity index (χ1) is 9.19. The van der Waals surface area contributed by atoms with Gasteiger partial charge in [-0.25, -0.2) is 4.68 Å². The number of hydrogen-bond acceptors (Lipinski definition) is 3. The van der Waals surface area contributed by atoms with E-state index in [0.717, 1.165) is 23.1 Å². The number of aromatic amines is 1. The largest absolute Gasteiger partial charge is 0.383 e. The SMILES string of the molecule is CCc1nn(Cc2cccc(C)c2)c2n[nH]c(N)c12. The summed E-state index contributed by atoms with van der Waals surface area (Å²) in [6.07, 6.45) is 0.848. The predicted molar refractivity (Wildman–Crippen MR) is 76.0 cm³/mol. The summed E-state index contributed by atoms with van der Waals surface area (Å²) >= 11 is 0. The second-order valence-corrected chi connectivity index (χ2v) is 4.78. The topological polar surface area (TPSA) is 72.5 Å². The number of benzene rings is 1. The van der Waals surface area contributed by atoms with Crippen molar-refractivity contribution < 1.29 is 0 Å². The molecule has 2 heterocycles. The van der Waals surface area contributed by atoms with E-state index in [4.69, 9.17) is 5.73 Å². The summed E-state index contributed by atoms with van der Waals surface area (Å²) in [4.78, 5) is 0. The Morgan fingerprint density at radius 3 is 2.95 bits per heavy atom. The van der Waals surface area contributed by atoms with Crippen LogP contribution in [0.1, 0.15) is 23.7 Å². The highest BCUT2D eigenvalue weighted by atomic mass is 15.3. The van der Waals surface area contributed by atoms with Gasteiger partial charge in [0.2, 0.25) is 0 Å². The molecule has 19 heavy (non-hydrogen) atoms. The van der Waals surface area contributed by atoms with Crippen molar-refractivity contribution in [1.29, 1.82) is 0 Å². The van der Waals surface area contributed by atoms with Crippen LogP contribution >= 0.6 is 0 Å². The quantitative estimate of drug-likeness (QED) is 0.754. The van der Waals surface area contributed by atoms with Crippen molar-refractivity contribution in [1.82, 2.24) is 20.0 Å². The molecule has 0 spiro atoms. The fourth-order valence-electron chi connectivity index (χ4n) is 2.40. The van der Waals surface area contributed by atoms with Gasteiger partial charge in [-0.05, 0) is 18.9 Å². The summed E-state index contributed by atoms with van der Waals surface area (Å²) in [6, 6.07) is 8.41. The molecule has 1 aromatic carbocycles. The van der Waals surface area contributed by atoms with Crippen LogP contribution in [0.2, 0.25) is 0 Å². The zero-order chi connectivity index (χ0) is 13.4. The normalized spacial score (nSPS) is 11.3. The fraction of sp³-hybridized carbons (Fsp3) is 0.286. The lowest BCUT2D eigenvalue weighted by Crippen LogP contribution is -2.03. The smallest absolute Gasteiger partial charge is 0.182 e. The molecule has 3 N–H and O–H groups in total. The summed E-state index contributed by atoms with van der Waals surface area (Å²) < 4.78 is 1.91. The van der Waals surface area contributed by atoms with Gasteiger partial charge in [0.25, 0.3) is 0 Å². The van der Waals surface area contributed by atoms with Crippen molar-refractivity contribution in [2.75, 3.05) is 5.73 Å². The van der Waals surface area contributed by atoms with Gasteiger partial charge in [0.15, 0.2) is 5.65 Å². The Balaban J connectivity index is 2.06. The highest BCUT2D eigenvalue weighted by molar-refractivity contribution is 5.88. The molecule has 3 aromatic rings. The fourth-order valence-corrected chi connectivity index (χ4v) is 2.40. The summed E-state index contributed by atoms with van der Waals surface area (Å²) in [7, 11) is 0. The maximum Gasteiger partial charge on any atom is 0.182 e. The van der Waals surface area contributed by atoms with Crippen LogP contribution in [-0.4, -0.2) is 20.0 Å². The van der Waals surface area contributed by atoms with E-state index in [9.17, 15) is 0 Å². The molecule has 0 radical (unpaired) electrons. The van der Waals surface area contributed by atoms with Crippen LogP contribution < -0.4 is 5.73 Å². The third-order valence-electron chi connectivity index (χ3n) is 3.30. The number of H-pyrrole nitrogens is 1. The molecule has 0 aliphatic heterocycles. The molecule has 2 aromatic heterocycles. The molecule has 0 atom stereocenters. The first kappa shape index (κ1) is 11.8. The number of fused-ring (bicyclic) bond motifs is 1. The molecule has 98 valence electrons. The minimum absolute atomic E-state index is 0.599. The van der Waals surface area contributed by atoms with E-state index >= 15 is 0 Å². The molecular formula is C14H17N5. The number of anilines is 1. The summed E-state index contributed by atoms with van der Waals surface area (Å²) in [5.74, 6) is 0.599. The van der Waals surface area contributed by atoms with E-state index in [2.05, 4.69) is 53.4 Å². The standard InChI is InChI=1S/C14H17N5/c1-3-11-12-13(15)16-17-14(12)19(18-11)8-10-6-4-5-9(2)7-10/h4-7H,3,8H2,1-2H3,(H3,15,16,17). The second-order valence-electron chi connectivity index (χ2n) is 4.78. The molecule has 0 saturated heterocycles. The first-order valence-electron chi connectivity index (χ1n) is 6.43. The van der Waals surface area contributed by atoms with Crippen LogP contribution in [0.15, 0.2) is 24.3 Å². The average Bonchev–Trinajstić information content (AvgIpc) is 2.92. The molecular weight excluding hydrogens is 238 g/mol. The van der Waals surface area contributed by atoms with Gasteiger partial charge in [-0.2, -0.15) is 10.2 Å². The Morgan fingerprint density at radius 1 is 1.37 bits per heavy atom. The van der Waals surface area contributed by atoms with Gasteiger partial charge in [0, 0.05) is 0 Å². The maximum absolute atomic E-state index is 5.91. The van der Waals surface area contributed by atoms with Crippen molar-refractivity contribution in [2.24, 2.45) is 0 Å². The van der Waals surface area contributed by atoms with Gasteiger partial charge in [-0.3, -0.25) is 5.10 Å². The van der Waals surface area contributed by atoms with Gasteiger partial charge < -0.3 is 5.73 Å². The number of nitrogen functional groups attached to an aromatic ring is 1. The monoisotopic (exact) mass is 255 g/mol. The van der Waals surface area contributed by atoms with Crippen molar-refractivity contribution in [3.05, 3.63) is 41.1 Å². The number of rotatable bonds is 3. The van der Waals surface area contributed by atoms with E-state index in [-0.39, 0.29) is 0 Å². The molecule has 5 heteroatoms. The summed E-state index contributed by atoms with van der Waals surface area (Å²) in [6.45, 7) is 4.87. The molecule has 5 nitrogen and oxygen atoms in total. The Bertz CT molecular complexity index is 723. The van der Waals surface area contributed by atoms with Crippen molar-refractivity contribution >= 4 is 16.9 Å². The van der Waals surface area contributed by atoms with Crippen LogP contribution in [0.5, 0.6) is 0 Å². The van der Waals surface area contributed by atoms with E-state index in [1.165, 1.54) is 11.1 Å². The lowest BCUT2D eigenvalue weighted by Gasteiger charge is -2.03. The molecule has 0 aliphatic rings. The number of nitrogens with zero attached hydrogens (tertiary/aromatic N) is 3. The number of aryl methyl sites for hydroxylation is 2. The predicted octanol–water partition coefficient (Wildman–Crippen LogP) is 2.26. The first-order valence-corrected chi connectivity index (χ1v) is 6.43. The van der Waals surface area contributed by atoms with Crippen molar-refractivity contribution in [3.63, 3.8) is 0 Å². The van der Waals surface area contributed by atoms with E-state index < -0.39 is 0 Å². The van der Waals surface area contributed by atoms with Crippen LogP contribution in [0.4, 0.5) is 5.82 Å². The molecule has 3 rings (SSSR count). The van der Waals surface area contributed by atoms with Crippen LogP contribution in [0.3, 0.4) is 0 Å². The number of hydrogen-bond donors (Lipinski definition) is 2. The third kappa shape index (κ3) is 1.97. The Kier molecular flexibility index (Phi) is 2.74. The minimum Gasteiger partial charge on any atom is -0.383 e. The van der Waals surface area contributed by atoms with Crippen molar-refractivity contribution in [3.8, 4) is 0 Å². The Labute approximate surface area is 111 Å². The zero-order valence-corrected chi connectivity index (χ0v) is 11.1. The van der Waals surface area contributed by atoms with Gasteiger partial charge in [-0.15, -0.1) is 0 Å². The molecule has 0 amide bonds. The van der Waals surface area contributed by atoms with Gasteiger partial charge in [0.1, 0.15) is 5.82 Å². The molecule has 0 saturated carbocycles. The minimum atomic E-state index is 0.599. The zero-order valence-electron chi connectivity index (χ0n) is 11.1. The average molecular weight is 255 g/mol. The second kappa shape index (κ2) is 4.42. The van der Waals surface area contributed by atoms with Crippen LogP contribution in [-0.2, 0) is 13.0 Å². The molecule has 0 unspecified atom stereocenters. The summed E-state index contributed by atoms with van der Waals surface area (Å²) in [5, 5.41) is 12.7. The number of aromatic nitrogens is 4. The number of nitrogens with one attached hydrogen (secondary N) is 1. The van der Waals surface area contributed by atoms with Crippen molar-refractivity contribution in [2.45, 2.75) is 26.8 Å². The Morgan fingerprint density at radius 2 is 2.21 bits per heavy atom. The summed E-state index contributed by atoms with van der Waals surface area (Å²) in [5.41, 5.74) is 10.2. The number of nitrogens with two attached hydrogens (primary N) is 1. The lowest BCUT2D eigenvalue weighted by molar-refractivity contribution is 0.685. The highest BCUT2D eigenvalue weighted by Crippen LogP contribution is 2.23. The highest BCUT2D eigenvalue weighted by Gasteiger charge is 2.15. The molecule has 0 fully saturated rings. The van der Waals surface area contributed by atoms with Gasteiger partial charge >= 0.3 is 0 Å². The van der Waals surface area contributed by atoms with E-state index in [1.54, 1.807) is 0 Å². The van der Waals surface area contributed by atoms with E-state index in [0.29, 0.717) is 12.4 Å². The maximum atomic E-state index is 5.91. The van der Waals surface area contributed by atoms with Crippen LogP contribution in [0.25, 0.3) is 11.0 Å². The van der Waals surface area contributed by atoms with Gasteiger partial charge in [0.05, 0.1) is 17.6 Å².